The van der Waals surface area contributed by atoms with E-state index in [1.807, 2.05) is 0 Å². The molecule has 10 heavy (non-hydrogen) atoms. The number of nitrogens with zero attached hydrogens (tertiary/aromatic N) is 2. The van der Waals surface area contributed by atoms with Gasteiger partial charge in [-0.3, -0.25) is 4.99 Å². The molecule has 2 nitrogen and oxygen atoms in total. The van der Waals surface area contributed by atoms with Gasteiger partial charge < -0.3 is 4.90 Å². The zero-order valence-electron chi connectivity index (χ0n) is 7.09. The molecular formula is C8H16N2. The summed E-state index contributed by atoms with van der Waals surface area (Å²) in [4.78, 5) is 6.71. The van der Waals surface area contributed by atoms with Gasteiger partial charge in [0.25, 0.3) is 0 Å². The van der Waals surface area contributed by atoms with Crippen LogP contribution in [0.4, 0.5) is 0 Å². The average molecular weight is 140 g/mol. The summed E-state index contributed by atoms with van der Waals surface area (Å²) >= 11 is 0. The lowest BCUT2D eigenvalue weighted by Gasteiger charge is -2.27. The van der Waals surface area contributed by atoms with Crippen molar-refractivity contribution in [2.75, 3.05) is 20.1 Å². The first-order chi connectivity index (χ1) is 4.72. The molecule has 0 saturated carbocycles. The van der Waals surface area contributed by atoms with E-state index < -0.39 is 0 Å². The Labute approximate surface area is 62.9 Å². The van der Waals surface area contributed by atoms with Gasteiger partial charge in [0.05, 0.1) is 0 Å². The molecule has 0 bridgehead atoms. The molecule has 0 radical (unpaired) electrons. The van der Waals surface area contributed by atoms with Crippen molar-refractivity contribution in [2.24, 2.45) is 10.9 Å². The minimum atomic E-state index is 0.588. The Kier molecular flexibility index (Phi) is 2.30. The number of rotatable bonds is 1. The molecule has 0 spiro atoms. The second-order valence-electron chi connectivity index (χ2n) is 3.17. The third-order valence-electron chi connectivity index (χ3n) is 1.83. The quantitative estimate of drug-likeness (QED) is 0.537. The van der Waals surface area contributed by atoms with Gasteiger partial charge in [0.15, 0.2) is 0 Å². The van der Waals surface area contributed by atoms with E-state index in [-0.39, 0.29) is 0 Å². The number of hydrogen-bond acceptors (Lipinski definition) is 2. The van der Waals surface area contributed by atoms with E-state index in [0.29, 0.717) is 5.92 Å². The first-order valence-corrected chi connectivity index (χ1v) is 3.97. The normalized spacial score (nSPS) is 19.6. The zero-order chi connectivity index (χ0) is 7.56. The minimum absolute atomic E-state index is 0.588. The predicted molar refractivity (Wildman–Crippen MR) is 44.4 cm³/mol. The van der Waals surface area contributed by atoms with Crippen molar-refractivity contribution in [2.45, 2.75) is 20.3 Å². The molecule has 1 aliphatic heterocycles. The lowest BCUT2D eigenvalue weighted by Crippen LogP contribution is -2.35. The second kappa shape index (κ2) is 3.04. The van der Waals surface area contributed by atoms with E-state index in [1.54, 1.807) is 0 Å². The molecule has 0 N–H and O–H groups in total. The minimum Gasteiger partial charge on any atom is -0.363 e. The Hall–Kier alpha value is -0.530. The van der Waals surface area contributed by atoms with E-state index in [4.69, 9.17) is 0 Å². The lowest BCUT2D eigenvalue weighted by atomic mass is 10.1. The maximum absolute atomic E-state index is 4.45. The van der Waals surface area contributed by atoms with Gasteiger partial charge in [-0.25, -0.2) is 0 Å². The van der Waals surface area contributed by atoms with Crippen LogP contribution in [0.1, 0.15) is 20.3 Å². The molecule has 0 unspecified atom stereocenters. The van der Waals surface area contributed by atoms with Crippen molar-refractivity contribution < 1.29 is 0 Å². The van der Waals surface area contributed by atoms with Gasteiger partial charge in [0.1, 0.15) is 5.84 Å². The van der Waals surface area contributed by atoms with Gasteiger partial charge >= 0.3 is 0 Å². The number of amidine groups is 1. The highest BCUT2D eigenvalue weighted by Crippen LogP contribution is 2.07. The van der Waals surface area contributed by atoms with Crippen molar-refractivity contribution in [1.82, 2.24) is 4.90 Å². The highest BCUT2D eigenvalue weighted by Gasteiger charge is 2.13. The van der Waals surface area contributed by atoms with E-state index >= 15 is 0 Å². The highest BCUT2D eigenvalue weighted by atomic mass is 15.2. The van der Waals surface area contributed by atoms with E-state index in [9.17, 15) is 0 Å². The fourth-order valence-corrected chi connectivity index (χ4v) is 1.36. The Morgan fingerprint density at radius 3 is 2.60 bits per heavy atom. The zero-order valence-corrected chi connectivity index (χ0v) is 7.09. The monoisotopic (exact) mass is 140 g/mol. The molecule has 1 aliphatic rings. The topological polar surface area (TPSA) is 15.6 Å². The Bertz CT molecular complexity index is 138. The fourth-order valence-electron chi connectivity index (χ4n) is 1.36. The summed E-state index contributed by atoms with van der Waals surface area (Å²) in [6, 6.07) is 0. The van der Waals surface area contributed by atoms with Crippen LogP contribution in [0.25, 0.3) is 0 Å². The van der Waals surface area contributed by atoms with Crippen LogP contribution >= 0.6 is 0 Å². The summed E-state index contributed by atoms with van der Waals surface area (Å²) in [5.41, 5.74) is 0. The van der Waals surface area contributed by atoms with Gasteiger partial charge in [0.2, 0.25) is 0 Å². The molecule has 0 aromatic heterocycles. The largest absolute Gasteiger partial charge is 0.363 e. The van der Waals surface area contributed by atoms with Gasteiger partial charge in [-0.1, -0.05) is 13.8 Å². The van der Waals surface area contributed by atoms with Crippen LogP contribution in [-0.2, 0) is 0 Å². The third kappa shape index (κ3) is 1.49. The van der Waals surface area contributed by atoms with E-state index in [0.717, 1.165) is 6.54 Å². The van der Waals surface area contributed by atoms with E-state index in [1.165, 1.54) is 18.8 Å². The smallest absolute Gasteiger partial charge is 0.101 e. The third-order valence-corrected chi connectivity index (χ3v) is 1.83. The summed E-state index contributed by atoms with van der Waals surface area (Å²) in [5.74, 6) is 1.86. The first-order valence-electron chi connectivity index (χ1n) is 3.97. The van der Waals surface area contributed by atoms with Crippen LogP contribution in [0.2, 0.25) is 0 Å². The fraction of sp³-hybridized carbons (Fsp3) is 0.875. The van der Waals surface area contributed by atoms with Crippen LogP contribution in [0.3, 0.4) is 0 Å². The van der Waals surface area contributed by atoms with Gasteiger partial charge in [-0.2, -0.15) is 0 Å². The second-order valence-corrected chi connectivity index (χ2v) is 3.17. The predicted octanol–water partition coefficient (Wildman–Crippen LogP) is 1.38. The molecule has 0 saturated heterocycles. The summed E-state index contributed by atoms with van der Waals surface area (Å²) in [5, 5.41) is 0. The van der Waals surface area contributed by atoms with Gasteiger partial charge in [-0.05, 0) is 6.42 Å². The number of aliphatic imine (C=N–C) groups is 1. The van der Waals surface area contributed by atoms with Crippen molar-refractivity contribution in [3.8, 4) is 0 Å². The van der Waals surface area contributed by atoms with Crippen molar-refractivity contribution >= 4 is 5.84 Å². The molecule has 0 aromatic rings. The van der Waals surface area contributed by atoms with Gasteiger partial charge in [0, 0.05) is 26.1 Å². The van der Waals surface area contributed by atoms with Crippen LogP contribution in [0, 0.1) is 5.92 Å². The molecule has 0 aromatic carbocycles. The van der Waals surface area contributed by atoms with Crippen LogP contribution < -0.4 is 0 Å². The van der Waals surface area contributed by atoms with Crippen LogP contribution in [0.5, 0.6) is 0 Å². The molecule has 58 valence electrons. The Morgan fingerprint density at radius 1 is 1.50 bits per heavy atom. The summed E-state index contributed by atoms with van der Waals surface area (Å²) in [6.07, 6.45) is 1.21. The standard InChI is InChI=1S/C8H16N2/c1-7(2)8-9-5-4-6-10(8)3/h7H,4-6H2,1-3H3. The Balaban J connectivity index is 2.61. The maximum Gasteiger partial charge on any atom is 0.101 e. The van der Waals surface area contributed by atoms with Crippen molar-refractivity contribution in [3.63, 3.8) is 0 Å². The Morgan fingerprint density at radius 2 is 2.20 bits per heavy atom. The van der Waals surface area contributed by atoms with Crippen molar-refractivity contribution in [1.29, 1.82) is 0 Å². The molecule has 1 heterocycles. The average Bonchev–Trinajstić information content (AvgIpc) is 1.88. The molecule has 2 heteroatoms. The highest BCUT2D eigenvalue weighted by molar-refractivity contribution is 5.84. The molecule has 0 aliphatic carbocycles. The van der Waals surface area contributed by atoms with Crippen LogP contribution in [-0.4, -0.2) is 30.9 Å². The maximum atomic E-state index is 4.45. The first kappa shape index (κ1) is 7.58. The van der Waals surface area contributed by atoms with Crippen molar-refractivity contribution in [3.05, 3.63) is 0 Å². The molecule has 1 rings (SSSR count). The summed E-state index contributed by atoms with van der Waals surface area (Å²) < 4.78 is 0. The summed E-state index contributed by atoms with van der Waals surface area (Å²) in [7, 11) is 2.12. The van der Waals surface area contributed by atoms with Crippen LogP contribution in [0.15, 0.2) is 4.99 Å². The van der Waals surface area contributed by atoms with Gasteiger partial charge in [-0.15, -0.1) is 0 Å². The molecule has 0 fully saturated rings. The molecule has 0 amide bonds. The SMILES string of the molecule is CC(C)C1=NCCCN1C. The lowest BCUT2D eigenvalue weighted by molar-refractivity contribution is 0.441. The summed E-state index contributed by atoms with van der Waals surface area (Å²) in [6.45, 7) is 6.59. The molecular weight excluding hydrogens is 124 g/mol. The van der Waals surface area contributed by atoms with E-state index in [2.05, 4.69) is 30.8 Å². The number of hydrogen-bond donors (Lipinski definition) is 0. The molecule has 0 atom stereocenters.